The average Bonchev–Trinajstić information content (AvgIpc) is 2.69. The van der Waals surface area contributed by atoms with Gasteiger partial charge in [0.25, 0.3) is 0 Å². The molecule has 0 aliphatic heterocycles. The Labute approximate surface area is 169 Å². The van der Waals surface area contributed by atoms with E-state index in [2.05, 4.69) is 13.0 Å². The van der Waals surface area contributed by atoms with E-state index >= 15 is 0 Å². The van der Waals surface area contributed by atoms with Crippen molar-refractivity contribution in [2.75, 3.05) is 27.6 Å². The molecule has 0 saturated heterocycles. The summed E-state index contributed by atoms with van der Waals surface area (Å²) in [4.78, 5) is 0. The molecule has 0 aliphatic carbocycles. The third-order valence-corrected chi connectivity index (χ3v) is 4.82. The second-order valence-electron chi connectivity index (χ2n) is 7.29. The van der Waals surface area contributed by atoms with Crippen molar-refractivity contribution in [2.45, 2.75) is 110 Å². The van der Waals surface area contributed by atoms with Crippen LogP contribution in [-0.4, -0.2) is 33.9 Å². The van der Waals surface area contributed by atoms with Gasteiger partial charge in [-0.15, -0.1) is 0 Å². The van der Waals surface area contributed by atoms with Gasteiger partial charge in [0.2, 0.25) is 0 Å². The topological polar surface area (TPSA) is 36.9 Å². The first-order valence-corrected chi connectivity index (χ1v) is 11.2. The van der Waals surface area contributed by atoms with E-state index in [9.17, 15) is 0 Å². The number of ether oxygens (including phenoxy) is 4. The molecule has 0 fully saturated rings. The van der Waals surface area contributed by atoms with Gasteiger partial charge in [-0.05, 0) is 38.2 Å². The Balaban J connectivity index is 3.13. The second-order valence-corrected chi connectivity index (χ2v) is 7.29. The Morgan fingerprint density at radius 1 is 0.704 bits per heavy atom. The van der Waals surface area contributed by atoms with E-state index in [1.54, 1.807) is 20.5 Å². The molecule has 4 heteroatoms. The predicted molar refractivity (Wildman–Crippen MR) is 114 cm³/mol. The highest BCUT2D eigenvalue weighted by atomic mass is 16.7. The van der Waals surface area contributed by atoms with Gasteiger partial charge in [-0.1, -0.05) is 71.1 Å². The van der Waals surface area contributed by atoms with E-state index < -0.39 is 0 Å². The summed E-state index contributed by atoms with van der Waals surface area (Å²) in [5.41, 5.74) is 0. The maximum Gasteiger partial charge on any atom is 0.188 e. The molecule has 0 bridgehead atoms. The van der Waals surface area contributed by atoms with Crippen LogP contribution >= 0.6 is 0 Å². The minimum atomic E-state index is -0.0278. The molecule has 0 spiro atoms. The van der Waals surface area contributed by atoms with E-state index in [0.717, 1.165) is 25.9 Å². The summed E-state index contributed by atoms with van der Waals surface area (Å²) in [7, 11) is 3.41. The smallest absolute Gasteiger partial charge is 0.188 e. The number of allylic oxidation sites excluding steroid dienone is 1. The van der Waals surface area contributed by atoms with E-state index in [4.69, 9.17) is 18.9 Å². The van der Waals surface area contributed by atoms with Crippen LogP contribution in [0.2, 0.25) is 0 Å². The van der Waals surface area contributed by atoms with Crippen molar-refractivity contribution in [2.24, 2.45) is 0 Å². The summed E-state index contributed by atoms with van der Waals surface area (Å²) in [5, 5.41) is 0. The van der Waals surface area contributed by atoms with Crippen molar-refractivity contribution in [1.29, 1.82) is 0 Å². The largest absolute Gasteiger partial charge is 0.475 e. The minimum absolute atomic E-state index is 0.0278. The maximum absolute atomic E-state index is 5.47. The van der Waals surface area contributed by atoms with E-state index in [-0.39, 0.29) is 6.29 Å². The molecule has 0 saturated carbocycles. The molecule has 0 amide bonds. The van der Waals surface area contributed by atoms with Crippen molar-refractivity contribution in [3.05, 3.63) is 12.3 Å². The summed E-state index contributed by atoms with van der Waals surface area (Å²) >= 11 is 0. The molecule has 0 atom stereocenters. The normalized spacial score (nSPS) is 11.7. The zero-order valence-electron chi connectivity index (χ0n) is 18.4. The van der Waals surface area contributed by atoms with E-state index in [1.807, 2.05) is 0 Å². The van der Waals surface area contributed by atoms with Gasteiger partial charge in [-0.3, -0.25) is 0 Å². The quantitative estimate of drug-likeness (QED) is 0.114. The fraction of sp³-hybridized carbons (Fsp3) is 0.913. The van der Waals surface area contributed by atoms with Crippen molar-refractivity contribution < 1.29 is 18.9 Å². The molecular weight excluding hydrogens is 340 g/mol. The van der Waals surface area contributed by atoms with Crippen LogP contribution in [0, 0.1) is 0 Å². The summed E-state index contributed by atoms with van der Waals surface area (Å²) in [6.45, 7) is 3.45. The van der Waals surface area contributed by atoms with Crippen LogP contribution < -0.4 is 0 Å². The lowest BCUT2D eigenvalue weighted by atomic mass is 10.1. The van der Waals surface area contributed by atoms with E-state index in [1.165, 1.54) is 77.0 Å². The standard InChI is InChI=1S/C23H46O4/c1-4-5-6-7-14-17-20-26-22-27-21-18-15-12-10-8-9-11-13-16-19-23(24-2)25-3/h18,21,23H,4-17,19-20,22H2,1-3H3. The fourth-order valence-corrected chi connectivity index (χ4v) is 3.06. The molecule has 0 heterocycles. The van der Waals surface area contributed by atoms with Crippen molar-refractivity contribution >= 4 is 0 Å². The van der Waals surface area contributed by atoms with Crippen molar-refractivity contribution in [1.82, 2.24) is 0 Å². The third-order valence-electron chi connectivity index (χ3n) is 4.82. The Kier molecular flexibility index (Phi) is 23.0. The average molecular weight is 387 g/mol. The molecule has 0 aromatic heterocycles. The lowest BCUT2D eigenvalue weighted by Gasteiger charge is -2.12. The number of hydrogen-bond acceptors (Lipinski definition) is 4. The Morgan fingerprint density at radius 2 is 1.30 bits per heavy atom. The zero-order valence-corrected chi connectivity index (χ0v) is 18.4. The molecule has 0 radical (unpaired) electrons. The predicted octanol–water partition coefficient (Wildman–Crippen LogP) is 6.98. The fourth-order valence-electron chi connectivity index (χ4n) is 3.06. The number of unbranched alkanes of at least 4 members (excludes halogenated alkanes) is 12. The zero-order chi connectivity index (χ0) is 19.8. The van der Waals surface area contributed by atoms with E-state index in [0.29, 0.717) is 6.79 Å². The summed E-state index contributed by atoms with van der Waals surface area (Å²) in [5.74, 6) is 0. The first-order chi connectivity index (χ1) is 13.3. The first kappa shape index (κ1) is 26.4. The van der Waals surface area contributed by atoms with Crippen LogP contribution in [0.25, 0.3) is 0 Å². The van der Waals surface area contributed by atoms with Gasteiger partial charge in [0, 0.05) is 14.2 Å². The summed E-state index contributed by atoms with van der Waals surface area (Å²) in [6, 6.07) is 0. The summed E-state index contributed by atoms with van der Waals surface area (Å²) < 4.78 is 21.2. The molecule has 0 aliphatic rings. The third kappa shape index (κ3) is 21.6. The van der Waals surface area contributed by atoms with Crippen LogP contribution in [0.5, 0.6) is 0 Å². The highest BCUT2D eigenvalue weighted by molar-refractivity contribution is 4.72. The lowest BCUT2D eigenvalue weighted by molar-refractivity contribution is -0.107. The maximum atomic E-state index is 5.47. The SMILES string of the molecule is CCCCCCCCOCOC=CCCCCCCCCCC(OC)OC. The van der Waals surface area contributed by atoms with Crippen LogP contribution in [0.3, 0.4) is 0 Å². The van der Waals surface area contributed by atoms with Gasteiger partial charge in [-0.25, -0.2) is 0 Å². The number of hydrogen-bond donors (Lipinski definition) is 0. The molecule has 0 aromatic carbocycles. The van der Waals surface area contributed by atoms with Crippen LogP contribution in [0.15, 0.2) is 12.3 Å². The van der Waals surface area contributed by atoms with Crippen molar-refractivity contribution in [3.63, 3.8) is 0 Å². The molecule has 27 heavy (non-hydrogen) atoms. The molecule has 0 aromatic rings. The lowest BCUT2D eigenvalue weighted by Crippen LogP contribution is -2.12. The minimum Gasteiger partial charge on any atom is -0.475 e. The van der Waals surface area contributed by atoms with Gasteiger partial charge in [-0.2, -0.15) is 0 Å². The van der Waals surface area contributed by atoms with Crippen LogP contribution in [0.4, 0.5) is 0 Å². The number of rotatable bonds is 22. The molecule has 0 N–H and O–H groups in total. The highest BCUT2D eigenvalue weighted by Gasteiger charge is 2.03. The van der Waals surface area contributed by atoms with Gasteiger partial charge >= 0.3 is 0 Å². The van der Waals surface area contributed by atoms with Gasteiger partial charge in [0.05, 0.1) is 12.9 Å². The molecular formula is C23H46O4. The second kappa shape index (κ2) is 23.5. The molecule has 0 unspecified atom stereocenters. The molecule has 4 nitrogen and oxygen atoms in total. The van der Waals surface area contributed by atoms with Crippen LogP contribution in [0.1, 0.15) is 103 Å². The number of methoxy groups -OCH3 is 2. The Bertz CT molecular complexity index is 290. The summed E-state index contributed by atoms with van der Waals surface area (Å²) in [6.07, 6.45) is 22.7. The van der Waals surface area contributed by atoms with Crippen LogP contribution in [-0.2, 0) is 18.9 Å². The molecule has 0 rings (SSSR count). The Morgan fingerprint density at radius 3 is 1.96 bits per heavy atom. The van der Waals surface area contributed by atoms with Crippen molar-refractivity contribution in [3.8, 4) is 0 Å². The van der Waals surface area contributed by atoms with Gasteiger partial charge < -0.3 is 18.9 Å². The monoisotopic (exact) mass is 386 g/mol. The Hall–Kier alpha value is -0.580. The highest BCUT2D eigenvalue weighted by Crippen LogP contribution is 2.12. The first-order valence-electron chi connectivity index (χ1n) is 11.2. The van der Waals surface area contributed by atoms with Gasteiger partial charge in [0.1, 0.15) is 0 Å². The molecule has 162 valence electrons. The van der Waals surface area contributed by atoms with Gasteiger partial charge in [0.15, 0.2) is 13.1 Å².